The van der Waals surface area contributed by atoms with Gasteiger partial charge in [0.05, 0.1) is 77.3 Å². The molecule has 1 aromatic heterocycles. The zero-order chi connectivity index (χ0) is 35.8. The Morgan fingerprint density at radius 1 is 0.720 bits per heavy atom. The SMILES string of the molecule is CNC(=O)NCCOCCOCCNC(=O)NCCOCCOCCOCCOc1ccc(-c2nc(NC(=N)N)nc3ccc(Cl)cc23)cc1. The quantitative estimate of drug-likeness (QED) is 0.0401. The minimum absolute atomic E-state index is 0.218. The van der Waals surface area contributed by atoms with E-state index in [0.29, 0.717) is 114 Å². The molecule has 4 amide bonds. The van der Waals surface area contributed by atoms with Crippen molar-refractivity contribution in [2.24, 2.45) is 5.73 Å². The number of urea groups is 2. The van der Waals surface area contributed by atoms with Gasteiger partial charge in [0.2, 0.25) is 5.95 Å². The highest BCUT2D eigenvalue weighted by Crippen LogP contribution is 2.30. The molecule has 2 aromatic carbocycles. The Kier molecular flexibility index (Phi) is 19.0. The number of ether oxygens (including phenoxy) is 6. The van der Waals surface area contributed by atoms with Gasteiger partial charge >= 0.3 is 12.1 Å². The molecule has 0 spiro atoms. The van der Waals surface area contributed by atoms with Crippen molar-refractivity contribution in [2.45, 2.75) is 0 Å². The van der Waals surface area contributed by atoms with E-state index in [0.717, 1.165) is 10.9 Å². The summed E-state index contributed by atoms with van der Waals surface area (Å²) in [6.45, 7) is 5.43. The number of fused-ring (bicyclic) bond motifs is 1. The molecular weight excluding hydrogens is 674 g/mol. The van der Waals surface area contributed by atoms with Crippen LogP contribution in [0.5, 0.6) is 5.75 Å². The van der Waals surface area contributed by atoms with E-state index in [1.807, 2.05) is 24.3 Å². The van der Waals surface area contributed by atoms with Gasteiger partial charge in [-0.05, 0) is 42.5 Å². The van der Waals surface area contributed by atoms with E-state index in [1.165, 1.54) is 0 Å². The van der Waals surface area contributed by atoms with E-state index in [4.69, 9.17) is 51.2 Å². The number of amides is 4. The molecule has 18 heteroatoms. The summed E-state index contributed by atoms with van der Waals surface area (Å²) in [5.41, 5.74) is 7.60. The van der Waals surface area contributed by atoms with E-state index in [2.05, 4.69) is 36.6 Å². The fourth-order valence-electron chi connectivity index (χ4n) is 4.15. The Bertz CT molecular complexity index is 1470. The molecule has 0 radical (unpaired) electrons. The average molecular weight is 720 g/mol. The van der Waals surface area contributed by atoms with Crippen LogP contribution in [0.4, 0.5) is 15.5 Å². The predicted octanol–water partition coefficient (Wildman–Crippen LogP) is 1.95. The van der Waals surface area contributed by atoms with Crippen molar-refractivity contribution < 1.29 is 38.0 Å². The molecule has 1 heterocycles. The zero-order valence-corrected chi connectivity index (χ0v) is 28.8. The van der Waals surface area contributed by atoms with Crippen LogP contribution in [-0.2, 0) is 23.7 Å². The van der Waals surface area contributed by atoms with Gasteiger partial charge < -0.3 is 55.4 Å². The highest BCUT2D eigenvalue weighted by molar-refractivity contribution is 6.31. The van der Waals surface area contributed by atoms with Crippen LogP contribution >= 0.6 is 11.6 Å². The molecule has 0 atom stereocenters. The molecule has 0 fully saturated rings. The Labute approximate surface area is 295 Å². The highest BCUT2D eigenvalue weighted by atomic mass is 35.5. The Morgan fingerprint density at radius 2 is 1.24 bits per heavy atom. The van der Waals surface area contributed by atoms with Gasteiger partial charge in [0.25, 0.3) is 0 Å². The number of guanidine groups is 1. The highest BCUT2D eigenvalue weighted by Gasteiger charge is 2.12. The summed E-state index contributed by atoms with van der Waals surface area (Å²) in [6.07, 6.45) is 0. The van der Waals surface area contributed by atoms with Crippen LogP contribution in [0.1, 0.15) is 0 Å². The predicted molar refractivity (Wildman–Crippen MR) is 189 cm³/mol. The van der Waals surface area contributed by atoms with Crippen LogP contribution in [0, 0.1) is 5.41 Å². The molecule has 50 heavy (non-hydrogen) atoms. The average Bonchev–Trinajstić information content (AvgIpc) is 3.10. The summed E-state index contributed by atoms with van der Waals surface area (Å²) in [5.74, 6) is 0.633. The van der Waals surface area contributed by atoms with E-state index in [9.17, 15) is 9.59 Å². The molecule has 274 valence electrons. The van der Waals surface area contributed by atoms with Crippen LogP contribution in [0.15, 0.2) is 42.5 Å². The normalized spacial score (nSPS) is 10.8. The molecule has 0 aliphatic heterocycles. The van der Waals surface area contributed by atoms with E-state index in [1.54, 1.807) is 25.2 Å². The summed E-state index contributed by atoms with van der Waals surface area (Å²) < 4.78 is 33.0. The molecular formula is C32H46ClN9O8. The summed E-state index contributed by atoms with van der Waals surface area (Å²) in [4.78, 5) is 31.7. The fraction of sp³-hybridized carbons (Fsp3) is 0.469. The number of benzene rings is 2. The van der Waals surface area contributed by atoms with Crippen molar-refractivity contribution in [3.8, 4) is 17.0 Å². The van der Waals surface area contributed by atoms with Gasteiger partial charge in [-0.1, -0.05) is 11.6 Å². The third-order valence-corrected chi connectivity index (χ3v) is 6.70. The van der Waals surface area contributed by atoms with Crippen molar-refractivity contribution >= 4 is 46.5 Å². The monoisotopic (exact) mass is 719 g/mol. The van der Waals surface area contributed by atoms with E-state index >= 15 is 0 Å². The Hall–Kier alpha value is -4.52. The topological polar surface area (TPSA) is 225 Å². The number of carbonyl (C=O) groups excluding carboxylic acids is 2. The lowest BCUT2D eigenvalue weighted by Gasteiger charge is -2.11. The number of anilines is 1. The zero-order valence-electron chi connectivity index (χ0n) is 28.1. The summed E-state index contributed by atoms with van der Waals surface area (Å²) in [5, 5.41) is 21.9. The number of carbonyl (C=O) groups is 2. The lowest BCUT2D eigenvalue weighted by Crippen LogP contribution is -2.39. The first kappa shape index (κ1) is 39.9. The van der Waals surface area contributed by atoms with Crippen molar-refractivity contribution in [3.63, 3.8) is 0 Å². The minimum atomic E-state index is -0.303. The second-order valence-corrected chi connectivity index (χ2v) is 10.7. The molecule has 17 nitrogen and oxygen atoms in total. The number of hydrogen-bond acceptors (Lipinski definition) is 11. The number of nitrogens with one attached hydrogen (secondary N) is 6. The van der Waals surface area contributed by atoms with Gasteiger partial charge in [-0.25, -0.2) is 19.6 Å². The summed E-state index contributed by atoms with van der Waals surface area (Å²) in [7, 11) is 1.54. The van der Waals surface area contributed by atoms with Crippen molar-refractivity contribution in [1.82, 2.24) is 31.2 Å². The maximum atomic E-state index is 11.8. The molecule has 0 aliphatic rings. The van der Waals surface area contributed by atoms with Crippen LogP contribution in [-0.4, -0.2) is 127 Å². The molecule has 0 aliphatic carbocycles. The number of halogens is 1. The fourth-order valence-corrected chi connectivity index (χ4v) is 4.32. The first-order valence-electron chi connectivity index (χ1n) is 16.0. The number of hydrogen-bond donors (Lipinski definition) is 7. The van der Waals surface area contributed by atoms with Gasteiger partial charge in [0, 0.05) is 42.7 Å². The molecule has 8 N–H and O–H groups in total. The third-order valence-electron chi connectivity index (χ3n) is 6.47. The van der Waals surface area contributed by atoms with Gasteiger partial charge in [0.1, 0.15) is 12.4 Å². The van der Waals surface area contributed by atoms with Gasteiger partial charge in [-0.2, -0.15) is 0 Å². The van der Waals surface area contributed by atoms with Crippen LogP contribution in [0.3, 0.4) is 0 Å². The Balaban J connectivity index is 1.14. The van der Waals surface area contributed by atoms with E-state index in [-0.39, 0.29) is 24.0 Å². The lowest BCUT2D eigenvalue weighted by atomic mass is 10.1. The largest absolute Gasteiger partial charge is 0.491 e. The standard InChI is InChI=1S/C32H46ClN9O8/c1-36-31(43)37-8-11-45-14-15-46-12-9-38-32(44)39-10-13-47-16-17-48-18-19-49-20-21-50-25-5-2-23(3-6-25)28-26-22-24(33)4-7-27(26)40-30(41-28)42-29(34)35/h2-7,22H,8-21H2,1H3,(H2,36,37,43)(H2,38,39,44)(H4,34,35,40,41,42). The molecule has 0 saturated carbocycles. The Morgan fingerprint density at radius 3 is 1.78 bits per heavy atom. The first-order valence-corrected chi connectivity index (χ1v) is 16.4. The first-order chi connectivity index (χ1) is 24.4. The van der Waals surface area contributed by atoms with Crippen LogP contribution in [0.2, 0.25) is 5.02 Å². The number of nitrogens with two attached hydrogens (primary N) is 1. The van der Waals surface area contributed by atoms with Crippen molar-refractivity contribution in [1.29, 1.82) is 5.41 Å². The van der Waals surface area contributed by atoms with Gasteiger partial charge in [-0.15, -0.1) is 0 Å². The lowest BCUT2D eigenvalue weighted by molar-refractivity contribution is 0.0101. The number of aromatic nitrogens is 2. The van der Waals surface area contributed by atoms with Crippen molar-refractivity contribution in [3.05, 3.63) is 47.5 Å². The number of nitrogens with zero attached hydrogens (tertiary/aromatic N) is 2. The van der Waals surface area contributed by atoms with E-state index < -0.39 is 0 Å². The summed E-state index contributed by atoms with van der Waals surface area (Å²) >= 11 is 6.22. The van der Waals surface area contributed by atoms with Crippen molar-refractivity contribution in [2.75, 3.05) is 105 Å². The third kappa shape index (κ3) is 16.3. The molecule has 0 saturated heterocycles. The second-order valence-electron chi connectivity index (χ2n) is 10.2. The minimum Gasteiger partial charge on any atom is -0.491 e. The molecule has 3 aromatic rings. The molecule has 3 rings (SSSR count). The van der Waals surface area contributed by atoms with Crippen LogP contribution < -0.4 is 37.1 Å². The smallest absolute Gasteiger partial charge is 0.314 e. The summed E-state index contributed by atoms with van der Waals surface area (Å²) in [6, 6.07) is 12.2. The maximum Gasteiger partial charge on any atom is 0.314 e. The maximum absolute atomic E-state index is 11.8. The second kappa shape index (κ2) is 23.8. The van der Waals surface area contributed by atoms with Crippen LogP contribution in [0.25, 0.3) is 22.2 Å². The molecule has 0 bridgehead atoms. The molecule has 0 unspecified atom stereocenters. The number of rotatable bonds is 24. The van der Waals surface area contributed by atoms with Gasteiger partial charge in [0.15, 0.2) is 5.96 Å². The van der Waals surface area contributed by atoms with Gasteiger partial charge in [-0.3, -0.25) is 10.7 Å².